The number of aromatic nitrogens is 5. The summed E-state index contributed by atoms with van der Waals surface area (Å²) in [6, 6.07) is 4.47. The van der Waals surface area contributed by atoms with E-state index >= 15 is 0 Å². The smallest absolute Gasteiger partial charge is 0.137 e. The fourth-order valence-electron chi connectivity index (χ4n) is 4.82. The first-order valence-electron chi connectivity index (χ1n) is 10.3. The number of nitrogens with one attached hydrogen (secondary N) is 1. The lowest BCUT2D eigenvalue weighted by Gasteiger charge is -2.47. The number of nitrogens with zero attached hydrogens (tertiary/aromatic N) is 6. The maximum absolute atomic E-state index is 5.84. The van der Waals surface area contributed by atoms with Gasteiger partial charge in [-0.3, -0.25) is 9.78 Å². The maximum atomic E-state index is 5.84. The number of ether oxygens (including phenoxy) is 2. The van der Waals surface area contributed by atoms with Gasteiger partial charge in [0, 0.05) is 51.4 Å². The van der Waals surface area contributed by atoms with E-state index in [1.54, 1.807) is 6.20 Å². The van der Waals surface area contributed by atoms with Crippen molar-refractivity contribution in [2.24, 2.45) is 7.05 Å². The number of morpholine rings is 2. The van der Waals surface area contributed by atoms with Crippen molar-refractivity contribution in [2.45, 2.75) is 31.6 Å². The zero-order chi connectivity index (χ0) is 19.5. The second-order valence-electron chi connectivity index (χ2n) is 8.28. The molecule has 7 heterocycles. The minimum atomic E-state index is 0.297. The summed E-state index contributed by atoms with van der Waals surface area (Å²) in [5, 5.41) is 12.0. The molecule has 3 aromatic heterocycles. The predicted octanol–water partition coefficient (Wildman–Crippen LogP) is 1.56. The van der Waals surface area contributed by atoms with Crippen molar-refractivity contribution < 1.29 is 9.47 Å². The van der Waals surface area contributed by atoms with Crippen molar-refractivity contribution in [2.75, 3.05) is 42.6 Å². The lowest BCUT2D eigenvalue weighted by molar-refractivity contribution is -0.133. The van der Waals surface area contributed by atoms with Gasteiger partial charge >= 0.3 is 0 Å². The standard InChI is InChI=1S/C20H25N7O2/c1-12-11-28-6-5-27(12)16-8-17(26-9-13-7-14(10-26)29-13)22-19-18(15-3-4-21-23-15)24-25(2)20(16)19/h3-4,8,12-14H,5-7,9-11H2,1-2H3,(H,21,23). The average molecular weight is 395 g/mol. The summed E-state index contributed by atoms with van der Waals surface area (Å²) in [5.41, 5.74) is 4.84. The van der Waals surface area contributed by atoms with E-state index in [0.29, 0.717) is 18.2 Å². The molecule has 29 heavy (non-hydrogen) atoms. The van der Waals surface area contributed by atoms with E-state index in [9.17, 15) is 0 Å². The summed E-state index contributed by atoms with van der Waals surface area (Å²) in [5.74, 6) is 0.998. The van der Waals surface area contributed by atoms with Gasteiger partial charge in [0.05, 0.1) is 36.8 Å². The molecule has 3 atom stereocenters. The summed E-state index contributed by atoms with van der Waals surface area (Å²) in [6.45, 7) is 6.32. The second kappa shape index (κ2) is 6.43. The SMILES string of the molecule is CC1COCCN1c1cc(N2CC3CC(C2)O3)nc2c(-c3ccn[nH]3)nn(C)c12. The molecule has 0 saturated carbocycles. The highest BCUT2D eigenvalue weighted by atomic mass is 16.5. The third-order valence-electron chi connectivity index (χ3n) is 6.27. The Kier molecular flexibility index (Phi) is 3.82. The number of aromatic amines is 1. The lowest BCUT2D eigenvalue weighted by atomic mass is 9.99. The Bertz CT molecular complexity index is 1030. The number of fused-ring (bicyclic) bond motifs is 3. The van der Waals surface area contributed by atoms with Crippen LogP contribution in [0.3, 0.4) is 0 Å². The summed E-state index contributed by atoms with van der Waals surface area (Å²) in [4.78, 5) is 9.88. The van der Waals surface area contributed by atoms with Gasteiger partial charge in [-0.2, -0.15) is 10.2 Å². The Morgan fingerprint density at radius 3 is 2.79 bits per heavy atom. The van der Waals surface area contributed by atoms with Crippen LogP contribution in [0, 0.1) is 0 Å². The van der Waals surface area contributed by atoms with Gasteiger partial charge in [-0.15, -0.1) is 0 Å². The Balaban J connectivity index is 1.54. The highest BCUT2D eigenvalue weighted by molar-refractivity contribution is 5.98. The highest BCUT2D eigenvalue weighted by Gasteiger charge is 2.39. The number of piperidine rings is 1. The summed E-state index contributed by atoms with van der Waals surface area (Å²) >= 11 is 0. The van der Waals surface area contributed by atoms with Gasteiger partial charge in [-0.1, -0.05) is 0 Å². The quantitative estimate of drug-likeness (QED) is 0.720. The van der Waals surface area contributed by atoms with Crippen LogP contribution in [0.5, 0.6) is 0 Å². The van der Waals surface area contributed by atoms with Crippen LogP contribution in [0.1, 0.15) is 13.3 Å². The summed E-state index contributed by atoms with van der Waals surface area (Å²) < 4.78 is 13.5. The average Bonchev–Trinajstić information content (AvgIpc) is 3.36. The van der Waals surface area contributed by atoms with E-state index in [-0.39, 0.29) is 0 Å². The number of aryl methyl sites for hydroxylation is 1. The van der Waals surface area contributed by atoms with Gasteiger partial charge in [0.2, 0.25) is 0 Å². The number of anilines is 2. The van der Waals surface area contributed by atoms with E-state index in [0.717, 1.165) is 61.1 Å². The first kappa shape index (κ1) is 17.2. The zero-order valence-electron chi connectivity index (χ0n) is 16.7. The molecule has 4 saturated heterocycles. The molecule has 2 bridgehead atoms. The largest absolute Gasteiger partial charge is 0.377 e. The first-order valence-corrected chi connectivity index (χ1v) is 10.3. The topological polar surface area (TPSA) is 84.3 Å². The third-order valence-corrected chi connectivity index (χ3v) is 6.27. The van der Waals surface area contributed by atoms with Crippen molar-refractivity contribution in [3.05, 3.63) is 18.3 Å². The summed E-state index contributed by atoms with van der Waals surface area (Å²) in [7, 11) is 1.99. The van der Waals surface area contributed by atoms with Crippen LogP contribution in [-0.4, -0.2) is 76.1 Å². The van der Waals surface area contributed by atoms with Crippen molar-refractivity contribution in [1.82, 2.24) is 25.0 Å². The Morgan fingerprint density at radius 1 is 1.24 bits per heavy atom. The molecule has 0 spiro atoms. The molecule has 0 aliphatic carbocycles. The van der Waals surface area contributed by atoms with Crippen LogP contribution in [0.2, 0.25) is 0 Å². The van der Waals surface area contributed by atoms with Gasteiger partial charge in [-0.25, -0.2) is 4.98 Å². The molecule has 4 fully saturated rings. The fraction of sp³-hybridized carbons (Fsp3) is 0.550. The number of H-pyrrole nitrogens is 1. The molecule has 9 heteroatoms. The van der Waals surface area contributed by atoms with E-state index in [2.05, 4.69) is 33.0 Å². The number of rotatable bonds is 3. The molecule has 3 unspecified atom stereocenters. The van der Waals surface area contributed by atoms with Crippen molar-refractivity contribution in [3.8, 4) is 11.4 Å². The molecule has 0 amide bonds. The minimum Gasteiger partial charge on any atom is -0.377 e. The van der Waals surface area contributed by atoms with Crippen LogP contribution in [0.15, 0.2) is 18.3 Å². The maximum Gasteiger partial charge on any atom is 0.137 e. The molecular formula is C20H25N7O2. The van der Waals surface area contributed by atoms with Crippen molar-refractivity contribution in [1.29, 1.82) is 0 Å². The normalized spacial score (nSPS) is 26.8. The van der Waals surface area contributed by atoms with Gasteiger partial charge in [0.25, 0.3) is 0 Å². The molecule has 4 aliphatic rings. The highest BCUT2D eigenvalue weighted by Crippen LogP contribution is 2.38. The Labute approximate surface area is 168 Å². The van der Waals surface area contributed by atoms with E-state index in [1.807, 2.05) is 17.8 Å². The van der Waals surface area contributed by atoms with Gasteiger partial charge < -0.3 is 19.3 Å². The van der Waals surface area contributed by atoms with E-state index in [4.69, 9.17) is 19.6 Å². The predicted molar refractivity (Wildman–Crippen MR) is 109 cm³/mol. The zero-order valence-corrected chi connectivity index (χ0v) is 16.7. The number of hydrogen-bond acceptors (Lipinski definition) is 7. The molecule has 152 valence electrons. The molecule has 0 aromatic carbocycles. The van der Waals surface area contributed by atoms with Crippen molar-refractivity contribution in [3.63, 3.8) is 0 Å². The fourth-order valence-corrected chi connectivity index (χ4v) is 4.82. The monoisotopic (exact) mass is 395 g/mol. The van der Waals surface area contributed by atoms with Crippen LogP contribution >= 0.6 is 0 Å². The van der Waals surface area contributed by atoms with E-state index < -0.39 is 0 Å². The van der Waals surface area contributed by atoms with Crippen LogP contribution in [0.25, 0.3) is 22.4 Å². The van der Waals surface area contributed by atoms with Crippen LogP contribution < -0.4 is 9.80 Å². The molecule has 9 nitrogen and oxygen atoms in total. The van der Waals surface area contributed by atoms with E-state index in [1.165, 1.54) is 12.1 Å². The minimum absolute atomic E-state index is 0.297. The summed E-state index contributed by atoms with van der Waals surface area (Å²) in [6.07, 6.45) is 3.58. The van der Waals surface area contributed by atoms with Crippen LogP contribution in [-0.2, 0) is 16.5 Å². The Morgan fingerprint density at radius 2 is 2.07 bits per heavy atom. The molecule has 7 rings (SSSR count). The van der Waals surface area contributed by atoms with Crippen LogP contribution in [0.4, 0.5) is 11.5 Å². The molecule has 0 radical (unpaired) electrons. The van der Waals surface area contributed by atoms with Gasteiger partial charge in [0.1, 0.15) is 22.5 Å². The number of hydrogen-bond donors (Lipinski definition) is 1. The van der Waals surface area contributed by atoms with Crippen molar-refractivity contribution >= 4 is 22.5 Å². The molecule has 4 aliphatic heterocycles. The molecular weight excluding hydrogens is 370 g/mol. The van der Waals surface area contributed by atoms with Gasteiger partial charge in [0.15, 0.2) is 0 Å². The van der Waals surface area contributed by atoms with Gasteiger partial charge in [-0.05, 0) is 13.0 Å². The molecule has 1 N–H and O–H groups in total. The molecule has 3 aromatic rings. The Hall–Kier alpha value is -2.65. The number of pyridine rings is 1. The first-order chi connectivity index (χ1) is 14.2. The third kappa shape index (κ3) is 2.71. The second-order valence-corrected chi connectivity index (χ2v) is 8.28. The lowest BCUT2D eigenvalue weighted by Crippen LogP contribution is -2.57.